The van der Waals surface area contributed by atoms with Gasteiger partial charge in [0.25, 0.3) is 0 Å². The van der Waals surface area contributed by atoms with E-state index in [1.54, 1.807) is 18.2 Å². The Labute approximate surface area is 85.9 Å². The number of rotatable bonds is 2. The van der Waals surface area contributed by atoms with Gasteiger partial charge in [-0.1, -0.05) is 6.07 Å². The number of para-hydroxylation sites is 1. The number of nitrogens with zero attached hydrogens (tertiary/aromatic N) is 1. The number of ether oxygens (including phenoxy) is 1. The Morgan fingerprint density at radius 3 is 2.87 bits per heavy atom. The van der Waals surface area contributed by atoms with E-state index in [4.69, 9.17) is 10.5 Å². The summed E-state index contributed by atoms with van der Waals surface area (Å²) in [7, 11) is 1.42. The van der Waals surface area contributed by atoms with Crippen LogP contribution in [0.1, 0.15) is 0 Å². The van der Waals surface area contributed by atoms with Crippen LogP contribution >= 0.6 is 0 Å². The van der Waals surface area contributed by atoms with Gasteiger partial charge in [0, 0.05) is 11.6 Å². The number of halogens is 1. The largest absolute Gasteiger partial charge is 0.493 e. The molecule has 2 aromatic rings. The Bertz CT molecular complexity index is 481. The number of methoxy groups -OCH3 is 1. The van der Waals surface area contributed by atoms with Crippen molar-refractivity contribution in [1.82, 2.24) is 10.2 Å². The lowest BCUT2D eigenvalue weighted by molar-refractivity contribution is 0.388. The quantitative estimate of drug-likeness (QED) is 0.789. The third-order valence-corrected chi connectivity index (χ3v) is 2.06. The molecule has 0 aliphatic heterocycles. The van der Waals surface area contributed by atoms with Crippen LogP contribution in [0, 0.1) is 5.82 Å². The highest BCUT2D eigenvalue weighted by atomic mass is 19.1. The summed E-state index contributed by atoms with van der Waals surface area (Å²) in [5, 5.41) is 6.47. The molecule has 0 amide bonds. The van der Waals surface area contributed by atoms with Gasteiger partial charge in [0.1, 0.15) is 5.82 Å². The van der Waals surface area contributed by atoms with Crippen molar-refractivity contribution in [3.8, 4) is 17.0 Å². The maximum absolute atomic E-state index is 13.4. The summed E-state index contributed by atoms with van der Waals surface area (Å²) < 4.78 is 18.3. The first-order valence-corrected chi connectivity index (χ1v) is 4.36. The number of aromatic amines is 1. The van der Waals surface area contributed by atoms with Crippen molar-refractivity contribution in [2.45, 2.75) is 0 Å². The van der Waals surface area contributed by atoms with E-state index in [0.29, 0.717) is 17.1 Å². The van der Waals surface area contributed by atoms with Crippen LogP contribution in [0.3, 0.4) is 0 Å². The van der Waals surface area contributed by atoms with Crippen LogP contribution in [0.15, 0.2) is 24.3 Å². The second kappa shape index (κ2) is 3.61. The summed E-state index contributed by atoms with van der Waals surface area (Å²) in [6, 6.07) is 6.29. The summed E-state index contributed by atoms with van der Waals surface area (Å²) in [5.74, 6) is 0.126. The molecule has 1 aromatic carbocycles. The predicted octanol–water partition coefficient (Wildman–Crippen LogP) is 1.81. The van der Waals surface area contributed by atoms with Crippen LogP contribution in [0.5, 0.6) is 5.75 Å². The molecular weight excluding hydrogens is 197 g/mol. The lowest BCUT2D eigenvalue weighted by Crippen LogP contribution is -1.91. The topological polar surface area (TPSA) is 63.9 Å². The van der Waals surface area contributed by atoms with Crippen molar-refractivity contribution >= 4 is 5.82 Å². The van der Waals surface area contributed by atoms with E-state index in [-0.39, 0.29) is 5.75 Å². The van der Waals surface area contributed by atoms with Crippen molar-refractivity contribution in [2.24, 2.45) is 0 Å². The molecule has 0 aliphatic carbocycles. The van der Waals surface area contributed by atoms with Gasteiger partial charge < -0.3 is 10.5 Å². The zero-order valence-electron chi connectivity index (χ0n) is 8.12. The van der Waals surface area contributed by atoms with Gasteiger partial charge in [-0.05, 0) is 12.1 Å². The third-order valence-electron chi connectivity index (χ3n) is 2.06. The smallest absolute Gasteiger partial charge is 0.165 e. The molecule has 0 bridgehead atoms. The Kier molecular flexibility index (Phi) is 2.29. The zero-order chi connectivity index (χ0) is 10.8. The molecule has 5 heteroatoms. The Balaban J connectivity index is 2.57. The molecule has 0 unspecified atom stereocenters. The van der Waals surface area contributed by atoms with E-state index in [2.05, 4.69) is 10.2 Å². The molecule has 0 saturated heterocycles. The van der Waals surface area contributed by atoms with Gasteiger partial charge in [-0.25, -0.2) is 4.39 Å². The van der Waals surface area contributed by atoms with E-state index < -0.39 is 5.82 Å². The minimum absolute atomic E-state index is 0.182. The third kappa shape index (κ3) is 1.63. The van der Waals surface area contributed by atoms with Crippen LogP contribution in [0.2, 0.25) is 0 Å². The van der Waals surface area contributed by atoms with E-state index in [0.717, 1.165) is 0 Å². The lowest BCUT2D eigenvalue weighted by Gasteiger charge is -2.06. The maximum Gasteiger partial charge on any atom is 0.165 e. The molecule has 0 atom stereocenters. The normalized spacial score (nSPS) is 10.3. The number of aromatic nitrogens is 2. The summed E-state index contributed by atoms with van der Waals surface area (Å²) in [5.41, 5.74) is 6.70. The lowest BCUT2D eigenvalue weighted by atomic mass is 10.1. The van der Waals surface area contributed by atoms with Crippen LogP contribution in [0.4, 0.5) is 10.2 Å². The second-order valence-electron chi connectivity index (χ2n) is 3.03. The van der Waals surface area contributed by atoms with Gasteiger partial charge in [0.05, 0.1) is 12.8 Å². The molecule has 1 heterocycles. The van der Waals surface area contributed by atoms with Gasteiger partial charge in [0.2, 0.25) is 0 Å². The van der Waals surface area contributed by atoms with Crippen LogP contribution in [-0.2, 0) is 0 Å². The number of nitrogens with two attached hydrogens (primary N) is 1. The number of nitrogens with one attached hydrogen (secondary N) is 1. The average Bonchev–Trinajstić information content (AvgIpc) is 2.64. The molecule has 2 rings (SSSR count). The molecule has 1 aromatic heterocycles. The van der Waals surface area contributed by atoms with Crippen molar-refractivity contribution in [2.75, 3.05) is 12.8 Å². The number of hydrogen-bond donors (Lipinski definition) is 2. The fourth-order valence-electron chi connectivity index (χ4n) is 1.40. The molecule has 78 valence electrons. The first-order chi connectivity index (χ1) is 7.22. The highest BCUT2D eigenvalue weighted by molar-refractivity contribution is 5.69. The molecule has 0 saturated carbocycles. The molecule has 4 nitrogen and oxygen atoms in total. The van der Waals surface area contributed by atoms with E-state index in [9.17, 15) is 4.39 Å². The highest BCUT2D eigenvalue weighted by Crippen LogP contribution is 2.31. The van der Waals surface area contributed by atoms with Crippen molar-refractivity contribution < 1.29 is 9.13 Å². The number of H-pyrrole nitrogens is 1. The van der Waals surface area contributed by atoms with Gasteiger partial charge in [-0.3, -0.25) is 5.10 Å². The minimum atomic E-state index is -0.414. The molecule has 0 radical (unpaired) electrons. The Morgan fingerprint density at radius 2 is 2.27 bits per heavy atom. The first-order valence-electron chi connectivity index (χ1n) is 4.36. The van der Waals surface area contributed by atoms with Gasteiger partial charge in [-0.15, -0.1) is 0 Å². The SMILES string of the molecule is COc1c(F)cccc1-c1cc(N)n[nH]1. The summed E-state index contributed by atoms with van der Waals surface area (Å²) >= 11 is 0. The Hall–Kier alpha value is -2.04. The molecule has 0 aliphatic rings. The fraction of sp³-hybridized carbons (Fsp3) is 0.100. The summed E-state index contributed by atoms with van der Waals surface area (Å²) in [4.78, 5) is 0. The molecule has 15 heavy (non-hydrogen) atoms. The van der Waals surface area contributed by atoms with E-state index >= 15 is 0 Å². The number of nitrogen functional groups attached to an aromatic ring is 1. The van der Waals surface area contributed by atoms with Crippen molar-refractivity contribution in [3.05, 3.63) is 30.1 Å². The van der Waals surface area contributed by atoms with E-state index in [1.807, 2.05) is 0 Å². The number of benzene rings is 1. The predicted molar refractivity (Wildman–Crippen MR) is 54.9 cm³/mol. The van der Waals surface area contributed by atoms with E-state index in [1.165, 1.54) is 13.2 Å². The molecule has 0 spiro atoms. The average molecular weight is 207 g/mol. The Morgan fingerprint density at radius 1 is 1.47 bits per heavy atom. The molecular formula is C10H10FN3O. The van der Waals surface area contributed by atoms with Gasteiger partial charge in [0.15, 0.2) is 11.6 Å². The highest BCUT2D eigenvalue weighted by Gasteiger charge is 2.11. The summed E-state index contributed by atoms with van der Waals surface area (Å²) in [6.07, 6.45) is 0. The molecule has 3 N–H and O–H groups in total. The van der Waals surface area contributed by atoms with Crippen LogP contribution in [0.25, 0.3) is 11.3 Å². The van der Waals surface area contributed by atoms with Crippen molar-refractivity contribution in [3.63, 3.8) is 0 Å². The first kappa shape index (κ1) is 9.51. The fourth-order valence-corrected chi connectivity index (χ4v) is 1.40. The second-order valence-corrected chi connectivity index (χ2v) is 3.03. The zero-order valence-corrected chi connectivity index (χ0v) is 8.12. The summed E-state index contributed by atoms with van der Waals surface area (Å²) in [6.45, 7) is 0. The standard InChI is InChI=1S/C10H10FN3O/c1-15-10-6(3-2-4-7(10)11)8-5-9(12)14-13-8/h2-5H,1H3,(H3,12,13,14). The number of anilines is 1. The minimum Gasteiger partial charge on any atom is -0.493 e. The van der Waals surface area contributed by atoms with Crippen molar-refractivity contribution in [1.29, 1.82) is 0 Å². The molecule has 0 fully saturated rings. The maximum atomic E-state index is 13.4. The van der Waals surface area contributed by atoms with Crippen LogP contribution in [-0.4, -0.2) is 17.3 Å². The van der Waals surface area contributed by atoms with Crippen LogP contribution < -0.4 is 10.5 Å². The monoisotopic (exact) mass is 207 g/mol. The number of hydrogen-bond acceptors (Lipinski definition) is 3. The van der Waals surface area contributed by atoms with Gasteiger partial charge in [-0.2, -0.15) is 5.10 Å². The van der Waals surface area contributed by atoms with Gasteiger partial charge >= 0.3 is 0 Å².